The van der Waals surface area contributed by atoms with E-state index in [1.165, 1.54) is 0 Å². The summed E-state index contributed by atoms with van der Waals surface area (Å²) in [5.74, 6) is -0.0178. The number of carbonyl (C=O) groups is 2. The third-order valence-corrected chi connectivity index (χ3v) is 4.18. The lowest BCUT2D eigenvalue weighted by Crippen LogP contribution is -2.49. The molecule has 0 bridgehead atoms. The Labute approximate surface area is 140 Å². The Morgan fingerprint density at radius 1 is 1.22 bits per heavy atom. The van der Waals surface area contributed by atoms with Crippen molar-refractivity contribution in [2.45, 2.75) is 71.6 Å². The van der Waals surface area contributed by atoms with Crippen molar-refractivity contribution >= 4 is 12.0 Å². The Morgan fingerprint density at radius 3 is 2.17 bits per heavy atom. The number of ether oxygens (including phenoxy) is 2. The number of amides is 2. The average molecular weight is 328 g/mol. The van der Waals surface area contributed by atoms with Crippen LogP contribution in [-0.2, 0) is 14.3 Å². The molecule has 0 unspecified atom stereocenters. The van der Waals surface area contributed by atoms with Gasteiger partial charge in [0.15, 0.2) is 0 Å². The van der Waals surface area contributed by atoms with Gasteiger partial charge in [0.05, 0.1) is 5.60 Å². The van der Waals surface area contributed by atoms with Crippen molar-refractivity contribution < 1.29 is 19.1 Å². The molecule has 0 spiro atoms. The van der Waals surface area contributed by atoms with Crippen molar-refractivity contribution in [3.05, 3.63) is 0 Å². The van der Waals surface area contributed by atoms with Crippen molar-refractivity contribution in [3.63, 3.8) is 0 Å². The van der Waals surface area contributed by atoms with E-state index >= 15 is 0 Å². The molecule has 6 heteroatoms. The lowest BCUT2D eigenvalue weighted by molar-refractivity contribution is -0.146. The van der Waals surface area contributed by atoms with Crippen LogP contribution in [0.3, 0.4) is 0 Å². The van der Waals surface area contributed by atoms with Gasteiger partial charge in [-0.2, -0.15) is 0 Å². The van der Waals surface area contributed by atoms with Gasteiger partial charge >= 0.3 is 6.09 Å². The minimum Gasteiger partial charge on any atom is -0.444 e. The Morgan fingerprint density at radius 2 is 1.74 bits per heavy atom. The standard InChI is InChI=1S/C17H32N2O4/c1-13(2)18(7)14(20)12-22-17(6)8-10-19(11-9-17)15(21)23-16(3,4)5/h13H,8-12H2,1-7H3. The maximum absolute atomic E-state index is 12.1. The molecule has 1 saturated heterocycles. The van der Waals surface area contributed by atoms with Crippen LogP contribution >= 0.6 is 0 Å². The number of nitrogens with zero attached hydrogens (tertiary/aromatic N) is 2. The van der Waals surface area contributed by atoms with E-state index in [2.05, 4.69) is 0 Å². The van der Waals surface area contributed by atoms with Crippen LogP contribution in [-0.4, -0.2) is 65.8 Å². The molecule has 0 aromatic rings. The SMILES string of the molecule is CC(C)N(C)C(=O)COC1(C)CCN(C(=O)OC(C)(C)C)CC1. The van der Waals surface area contributed by atoms with Gasteiger partial charge in [0.2, 0.25) is 5.91 Å². The Bertz CT molecular complexity index is 421. The molecular weight excluding hydrogens is 296 g/mol. The molecule has 1 aliphatic rings. The molecule has 0 aliphatic carbocycles. The molecule has 134 valence electrons. The molecule has 1 aliphatic heterocycles. The van der Waals surface area contributed by atoms with Gasteiger partial charge in [0.25, 0.3) is 0 Å². The van der Waals surface area contributed by atoms with Crippen LogP contribution in [0.1, 0.15) is 54.4 Å². The maximum Gasteiger partial charge on any atom is 0.410 e. The second-order valence-electron chi connectivity index (χ2n) is 7.80. The van der Waals surface area contributed by atoms with E-state index < -0.39 is 5.60 Å². The van der Waals surface area contributed by atoms with Gasteiger partial charge in [0.1, 0.15) is 12.2 Å². The molecule has 0 aromatic heterocycles. The summed E-state index contributed by atoms with van der Waals surface area (Å²) in [6.45, 7) is 12.8. The van der Waals surface area contributed by atoms with E-state index in [0.717, 1.165) is 0 Å². The highest BCUT2D eigenvalue weighted by Crippen LogP contribution is 2.27. The zero-order chi connectivity index (χ0) is 17.8. The third kappa shape index (κ3) is 6.37. The van der Waals surface area contributed by atoms with Crippen LogP contribution in [0.4, 0.5) is 4.79 Å². The number of hydrogen-bond acceptors (Lipinski definition) is 4. The first-order valence-electron chi connectivity index (χ1n) is 8.31. The molecule has 1 heterocycles. The van der Waals surface area contributed by atoms with Crippen LogP contribution in [0.5, 0.6) is 0 Å². The fourth-order valence-electron chi connectivity index (χ4n) is 2.26. The van der Waals surface area contributed by atoms with E-state index in [4.69, 9.17) is 9.47 Å². The number of likely N-dealkylation sites (N-methyl/N-ethyl adjacent to an activating group) is 1. The van der Waals surface area contributed by atoms with Gasteiger partial charge in [-0.25, -0.2) is 4.79 Å². The molecule has 0 saturated carbocycles. The van der Waals surface area contributed by atoms with E-state index in [-0.39, 0.29) is 30.3 Å². The van der Waals surface area contributed by atoms with E-state index in [9.17, 15) is 9.59 Å². The Hall–Kier alpha value is -1.30. The fraction of sp³-hybridized carbons (Fsp3) is 0.882. The smallest absolute Gasteiger partial charge is 0.410 e. The highest BCUT2D eigenvalue weighted by atomic mass is 16.6. The Kier molecular flexibility index (Phi) is 6.45. The molecule has 0 N–H and O–H groups in total. The van der Waals surface area contributed by atoms with Gasteiger partial charge in [-0.15, -0.1) is 0 Å². The summed E-state index contributed by atoms with van der Waals surface area (Å²) in [5.41, 5.74) is -0.853. The van der Waals surface area contributed by atoms with Crippen molar-refractivity contribution in [3.8, 4) is 0 Å². The second kappa shape index (κ2) is 7.51. The van der Waals surface area contributed by atoms with Crippen molar-refractivity contribution in [2.24, 2.45) is 0 Å². The Balaban J connectivity index is 2.45. The minimum absolute atomic E-state index is 0.0178. The van der Waals surface area contributed by atoms with Crippen LogP contribution in [0.25, 0.3) is 0 Å². The van der Waals surface area contributed by atoms with Gasteiger partial charge < -0.3 is 19.3 Å². The molecule has 6 nitrogen and oxygen atoms in total. The van der Waals surface area contributed by atoms with E-state index in [0.29, 0.717) is 25.9 Å². The summed E-state index contributed by atoms with van der Waals surface area (Å²) >= 11 is 0. The minimum atomic E-state index is -0.484. The molecular formula is C17H32N2O4. The van der Waals surface area contributed by atoms with Crippen molar-refractivity contribution in [2.75, 3.05) is 26.7 Å². The first-order chi connectivity index (χ1) is 10.4. The summed E-state index contributed by atoms with van der Waals surface area (Å²) in [5, 5.41) is 0. The van der Waals surface area contributed by atoms with E-state index in [1.54, 1.807) is 16.8 Å². The van der Waals surface area contributed by atoms with Gasteiger partial charge in [0, 0.05) is 26.2 Å². The van der Waals surface area contributed by atoms with Gasteiger partial charge in [-0.1, -0.05) is 0 Å². The molecule has 1 fully saturated rings. The maximum atomic E-state index is 12.1. The van der Waals surface area contributed by atoms with Crippen LogP contribution in [0, 0.1) is 0 Å². The lowest BCUT2D eigenvalue weighted by atomic mass is 9.93. The monoisotopic (exact) mass is 328 g/mol. The van der Waals surface area contributed by atoms with Crippen LogP contribution in [0.2, 0.25) is 0 Å². The molecule has 2 amide bonds. The van der Waals surface area contributed by atoms with Crippen LogP contribution in [0.15, 0.2) is 0 Å². The topological polar surface area (TPSA) is 59.1 Å². The molecule has 23 heavy (non-hydrogen) atoms. The number of carbonyl (C=O) groups excluding carboxylic acids is 2. The predicted molar refractivity (Wildman–Crippen MR) is 89.3 cm³/mol. The summed E-state index contributed by atoms with van der Waals surface area (Å²) < 4.78 is 11.2. The van der Waals surface area contributed by atoms with Gasteiger partial charge in [-0.3, -0.25) is 4.79 Å². The summed E-state index contributed by atoms with van der Waals surface area (Å²) in [7, 11) is 1.78. The van der Waals surface area contributed by atoms with Crippen LogP contribution < -0.4 is 0 Å². The third-order valence-electron chi connectivity index (χ3n) is 4.18. The summed E-state index contributed by atoms with van der Waals surface area (Å²) in [6.07, 6.45) is 1.12. The molecule has 1 rings (SSSR count). The quantitative estimate of drug-likeness (QED) is 0.796. The fourth-order valence-corrected chi connectivity index (χ4v) is 2.26. The highest BCUT2D eigenvalue weighted by Gasteiger charge is 2.35. The summed E-state index contributed by atoms with van der Waals surface area (Å²) in [6, 6.07) is 0.160. The second-order valence-corrected chi connectivity index (χ2v) is 7.80. The highest BCUT2D eigenvalue weighted by molar-refractivity contribution is 5.77. The predicted octanol–water partition coefficient (Wildman–Crippen LogP) is 2.66. The normalized spacial score (nSPS) is 18.0. The number of piperidine rings is 1. The zero-order valence-corrected chi connectivity index (χ0v) is 15.6. The van der Waals surface area contributed by atoms with E-state index in [1.807, 2.05) is 41.5 Å². The number of rotatable bonds is 4. The number of hydrogen-bond donors (Lipinski definition) is 0. The first-order valence-corrected chi connectivity index (χ1v) is 8.31. The lowest BCUT2D eigenvalue weighted by Gasteiger charge is -2.39. The zero-order valence-electron chi connectivity index (χ0n) is 15.6. The first kappa shape index (κ1) is 19.7. The summed E-state index contributed by atoms with van der Waals surface area (Å²) in [4.78, 5) is 27.5. The average Bonchev–Trinajstić information content (AvgIpc) is 2.42. The molecule has 0 atom stereocenters. The largest absolute Gasteiger partial charge is 0.444 e. The molecule has 0 radical (unpaired) electrons. The number of likely N-dealkylation sites (tertiary alicyclic amines) is 1. The van der Waals surface area contributed by atoms with Gasteiger partial charge in [-0.05, 0) is 54.4 Å². The van der Waals surface area contributed by atoms with Crippen molar-refractivity contribution in [1.82, 2.24) is 9.80 Å². The van der Waals surface area contributed by atoms with Crippen molar-refractivity contribution in [1.29, 1.82) is 0 Å². The molecule has 0 aromatic carbocycles.